The molecule has 7 nitrogen and oxygen atoms in total. The lowest BCUT2D eigenvalue weighted by molar-refractivity contribution is -0.123. The fraction of sp³-hybridized carbons (Fsp3) is 0.133. The van der Waals surface area contributed by atoms with E-state index in [1.165, 1.54) is 12.1 Å². The highest BCUT2D eigenvalue weighted by atomic mass is 19.1. The lowest BCUT2D eigenvalue weighted by atomic mass is 9.95. The third-order valence-electron chi connectivity index (χ3n) is 6.49. The number of nitrogens with one attached hydrogen (secondary N) is 3. The number of carbonyl (C=O) groups is 1. The molecule has 0 saturated heterocycles. The average Bonchev–Trinajstić information content (AvgIpc) is 3.52. The Bertz CT molecular complexity index is 1810. The molecular weight excluding hydrogens is 479 g/mol. The fourth-order valence-electron chi connectivity index (χ4n) is 4.41. The Kier molecular flexibility index (Phi) is 5.52. The van der Waals surface area contributed by atoms with Gasteiger partial charge >= 0.3 is 0 Å². The number of anilines is 1. The summed E-state index contributed by atoms with van der Waals surface area (Å²) < 4.78 is 13.5. The molecule has 188 valence electrons. The third-order valence-corrected chi connectivity index (χ3v) is 6.49. The van der Waals surface area contributed by atoms with E-state index in [-0.39, 0.29) is 11.7 Å². The monoisotopic (exact) mass is 504 g/mol. The summed E-state index contributed by atoms with van der Waals surface area (Å²) in [5.41, 5.74) is 6.89. The van der Waals surface area contributed by atoms with Crippen LogP contribution in [0.1, 0.15) is 20.8 Å². The summed E-state index contributed by atoms with van der Waals surface area (Å²) in [6.07, 6.45) is 5.09. The molecule has 4 aromatic heterocycles. The smallest absolute Gasteiger partial charge is 0.229 e. The zero-order valence-electron chi connectivity index (χ0n) is 21.1. The molecule has 0 spiro atoms. The van der Waals surface area contributed by atoms with Gasteiger partial charge in [0.15, 0.2) is 0 Å². The Morgan fingerprint density at radius 3 is 2.50 bits per heavy atom. The van der Waals surface area contributed by atoms with Gasteiger partial charge < -0.3 is 10.3 Å². The van der Waals surface area contributed by atoms with E-state index in [1.54, 1.807) is 30.7 Å². The number of aromatic amines is 2. The zero-order chi connectivity index (χ0) is 26.4. The molecule has 0 aliphatic rings. The van der Waals surface area contributed by atoms with Crippen LogP contribution < -0.4 is 5.32 Å². The van der Waals surface area contributed by atoms with Crippen molar-refractivity contribution in [3.63, 3.8) is 0 Å². The van der Waals surface area contributed by atoms with Gasteiger partial charge in [-0.2, -0.15) is 5.10 Å². The minimum atomic E-state index is -0.519. The Balaban J connectivity index is 1.39. The minimum absolute atomic E-state index is 0.0872. The minimum Gasteiger partial charge on any atom is -0.353 e. The predicted molar refractivity (Wildman–Crippen MR) is 148 cm³/mol. The van der Waals surface area contributed by atoms with Crippen molar-refractivity contribution in [2.45, 2.75) is 20.8 Å². The lowest BCUT2D eigenvalue weighted by Gasteiger charge is -2.17. The van der Waals surface area contributed by atoms with Gasteiger partial charge in [-0.3, -0.25) is 19.9 Å². The van der Waals surface area contributed by atoms with Crippen molar-refractivity contribution in [1.82, 2.24) is 25.1 Å². The summed E-state index contributed by atoms with van der Waals surface area (Å²) in [7, 11) is 0. The molecule has 0 bridgehead atoms. The van der Waals surface area contributed by atoms with E-state index in [9.17, 15) is 9.18 Å². The first-order valence-electron chi connectivity index (χ1n) is 12.3. The molecule has 4 heterocycles. The number of fused-ring (bicyclic) bond motifs is 2. The topological polar surface area (TPSA) is 99.4 Å². The SMILES string of the molecule is CC(C)(C)C(=O)Nc1cncc(-c2cc3c(-c4cc5c(-c6ccc(F)cc6)cccc5[nH]4)n[nH]c3cn2)c1. The number of hydrogen-bond acceptors (Lipinski definition) is 4. The molecule has 1 amide bonds. The van der Waals surface area contributed by atoms with Crippen molar-refractivity contribution in [2.75, 3.05) is 5.32 Å². The molecule has 6 aromatic rings. The number of aromatic nitrogens is 5. The molecule has 38 heavy (non-hydrogen) atoms. The summed E-state index contributed by atoms with van der Waals surface area (Å²) in [6, 6.07) is 18.4. The van der Waals surface area contributed by atoms with Gasteiger partial charge in [-0.15, -0.1) is 0 Å². The van der Waals surface area contributed by atoms with Crippen molar-refractivity contribution in [3.8, 4) is 33.8 Å². The van der Waals surface area contributed by atoms with Crippen molar-refractivity contribution < 1.29 is 9.18 Å². The normalized spacial score (nSPS) is 11.8. The first kappa shape index (κ1) is 23.5. The number of hydrogen-bond donors (Lipinski definition) is 3. The summed E-state index contributed by atoms with van der Waals surface area (Å²) in [5.74, 6) is -0.351. The fourth-order valence-corrected chi connectivity index (χ4v) is 4.41. The number of amides is 1. The Labute approximate surface area is 218 Å². The van der Waals surface area contributed by atoms with Crippen LogP contribution in [0.2, 0.25) is 0 Å². The van der Waals surface area contributed by atoms with E-state index < -0.39 is 5.41 Å². The van der Waals surface area contributed by atoms with Crippen molar-refractivity contribution >= 4 is 33.4 Å². The molecule has 0 aliphatic heterocycles. The van der Waals surface area contributed by atoms with Gasteiger partial charge in [0.25, 0.3) is 0 Å². The maximum absolute atomic E-state index is 13.5. The number of H-pyrrole nitrogens is 2. The van der Waals surface area contributed by atoms with Gasteiger partial charge in [-0.05, 0) is 47.5 Å². The molecule has 0 atom stereocenters. The number of pyridine rings is 2. The average molecular weight is 505 g/mol. The number of rotatable bonds is 4. The van der Waals surface area contributed by atoms with Gasteiger partial charge in [0, 0.05) is 33.5 Å². The van der Waals surface area contributed by atoms with Crippen molar-refractivity contribution in [2.24, 2.45) is 5.41 Å². The van der Waals surface area contributed by atoms with Crippen LogP contribution in [-0.4, -0.2) is 31.1 Å². The maximum atomic E-state index is 13.5. The van der Waals surface area contributed by atoms with Crippen LogP contribution in [0.3, 0.4) is 0 Å². The molecule has 3 N–H and O–H groups in total. The van der Waals surface area contributed by atoms with E-state index >= 15 is 0 Å². The van der Waals surface area contributed by atoms with E-state index in [0.717, 1.165) is 49.9 Å². The molecule has 8 heteroatoms. The van der Waals surface area contributed by atoms with Crippen LogP contribution in [-0.2, 0) is 4.79 Å². The van der Waals surface area contributed by atoms with Gasteiger partial charge in [0.05, 0.1) is 35.0 Å². The standard InChI is InChI=1S/C30H25FN6O/c1-30(2,3)29(38)34-20-11-18(14-32-15-20)25-13-23-27(16-33-25)36-37-28(23)26-12-22-21(5-4-6-24(22)35-26)17-7-9-19(31)10-8-17/h4-16,35H,1-3H3,(H,34,38)(H,36,37). The van der Waals surface area contributed by atoms with Gasteiger partial charge in [0.1, 0.15) is 11.5 Å². The van der Waals surface area contributed by atoms with E-state index in [2.05, 4.69) is 36.5 Å². The van der Waals surface area contributed by atoms with Crippen molar-refractivity contribution in [3.05, 3.63) is 85.1 Å². The molecule has 0 fully saturated rings. The highest BCUT2D eigenvalue weighted by Gasteiger charge is 2.21. The van der Waals surface area contributed by atoms with Crippen LogP contribution in [0.5, 0.6) is 0 Å². The molecule has 0 unspecified atom stereocenters. The van der Waals surface area contributed by atoms with Gasteiger partial charge in [-0.1, -0.05) is 45.0 Å². The highest BCUT2D eigenvalue weighted by Crippen LogP contribution is 2.35. The molecular formula is C30H25FN6O. The van der Waals surface area contributed by atoms with E-state index in [1.807, 2.05) is 51.1 Å². The Hall–Kier alpha value is -4.85. The molecule has 0 saturated carbocycles. The molecule has 6 rings (SSSR count). The first-order valence-corrected chi connectivity index (χ1v) is 12.3. The maximum Gasteiger partial charge on any atom is 0.229 e. The van der Waals surface area contributed by atoms with E-state index in [4.69, 9.17) is 0 Å². The quantitative estimate of drug-likeness (QED) is 0.242. The van der Waals surface area contributed by atoms with Crippen LogP contribution >= 0.6 is 0 Å². The molecule has 0 aliphatic carbocycles. The van der Waals surface area contributed by atoms with Crippen LogP contribution in [0.25, 0.3) is 55.6 Å². The number of carbonyl (C=O) groups excluding carboxylic acids is 1. The zero-order valence-corrected chi connectivity index (χ0v) is 21.1. The van der Waals surface area contributed by atoms with Crippen molar-refractivity contribution in [1.29, 1.82) is 0 Å². The summed E-state index contributed by atoms with van der Waals surface area (Å²) in [5, 5.41) is 12.5. The first-order chi connectivity index (χ1) is 18.3. The Morgan fingerprint density at radius 2 is 1.71 bits per heavy atom. The predicted octanol–water partition coefficient (Wildman–Crippen LogP) is 6.96. The largest absolute Gasteiger partial charge is 0.353 e. The number of benzene rings is 2. The molecule has 2 aromatic carbocycles. The second-order valence-electron chi connectivity index (χ2n) is 10.3. The van der Waals surface area contributed by atoms with Crippen LogP contribution in [0.15, 0.2) is 79.3 Å². The third kappa shape index (κ3) is 4.30. The Morgan fingerprint density at radius 1 is 0.895 bits per heavy atom. The number of nitrogens with zero attached hydrogens (tertiary/aromatic N) is 3. The molecule has 0 radical (unpaired) electrons. The number of halogens is 1. The second kappa shape index (κ2) is 8.92. The highest BCUT2D eigenvalue weighted by molar-refractivity contribution is 6.01. The van der Waals surface area contributed by atoms with Gasteiger partial charge in [0.2, 0.25) is 5.91 Å². The van der Waals surface area contributed by atoms with Gasteiger partial charge in [-0.25, -0.2) is 4.39 Å². The summed E-state index contributed by atoms with van der Waals surface area (Å²) in [4.78, 5) is 24.8. The van der Waals surface area contributed by atoms with E-state index in [0.29, 0.717) is 11.4 Å². The summed E-state index contributed by atoms with van der Waals surface area (Å²) in [6.45, 7) is 5.59. The second-order valence-corrected chi connectivity index (χ2v) is 10.3. The lowest BCUT2D eigenvalue weighted by Crippen LogP contribution is -2.27. The summed E-state index contributed by atoms with van der Waals surface area (Å²) >= 11 is 0. The van der Waals surface area contributed by atoms with Crippen LogP contribution in [0.4, 0.5) is 10.1 Å². The van der Waals surface area contributed by atoms with Crippen LogP contribution in [0, 0.1) is 11.2 Å².